The molecule has 1 heterocycles. The molecule has 0 saturated carbocycles. The first-order valence-corrected chi connectivity index (χ1v) is 7.85. The van der Waals surface area contributed by atoms with E-state index in [1.54, 1.807) is 67.9 Å². The van der Waals surface area contributed by atoms with Crippen LogP contribution in [0.25, 0.3) is 0 Å². The SMILES string of the molecule is COc1ccc(NC(=O)c2cncc(Nc3ccc(C#N)cc3)c2)cc1. The highest BCUT2D eigenvalue weighted by atomic mass is 16.5. The van der Waals surface area contributed by atoms with Gasteiger partial charge in [-0.3, -0.25) is 9.78 Å². The summed E-state index contributed by atoms with van der Waals surface area (Å²) in [5.41, 5.74) is 3.16. The fraction of sp³-hybridized carbons (Fsp3) is 0.0500. The molecule has 0 spiro atoms. The van der Waals surface area contributed by atoms with Crippen molar-refractivity contribution in [3.8, 4) is 11.8 Å². The third-order valence-corrected chi connectivity index (χ3v) is 3.65. The zero-order valence-corrected chi connectivity index (χ0v) is 14.1. The van der Waals surface area contributed by atoms with Crippen molar-refractivity contribution in [2.24, 2.45) is 0 Å². The van der Waals surface area contributed by atoms with Gasteiger partial charge in [0.05, 0.1) is 36.2 Å². The molecule has 0 radical (unpaired) electrons. The molecule has 26 heavy (non-hydrogen) atoms. The van der Waals surface area contributed by atoms with E-state index in [0.717, 1.165) is 11.4 Å². The van der Waals surface area contributed by atoms with Crippen LogP contribution in [-0.4, -0.2) is 18.0 Å². The Morgan fingerprint density at radius 3 is 2.35 bits per heavy atom. The Balaban J connectivity index is 1.71. The van der Waals surface area contributed by atoms with Gasteiger partial charge in [-0.05, 0) is 54.6 Å². The fourth-order valence-electron chi connectivity index (χ4n) is 2.30. The third kappa shape index (κ3) is 4.16. The second-order valence-electron chi connectivity index (χ2n) is 5.46. The maximum atomic E-state index is 12.4. The van der Waals surface area contributed by atoms with Crippen LogP contribution in [0.15, 0.2) is 67.0 Å². The van der Waals surface area contributed by atoms with E-state index in [2.05, 4.69) is 21.7 Å². The van der Waals surface area contributed by atoms with Crippen LogP contribution in [0.1, 0.15) is 15.9 Å². The van der Waals surface area contributed by atoms with Crippen LogP contribution in [0.2, 0.25) is 0 Å². The highest BCUT2D eigenvalue weighted by Gasteiger charge is 2.08. The molecule has 1 aromatic heterocycles. The molecule has 0 saturated heterocycles. The van der Waals surface area contributed by atoms with Crippen LogP contribution in [0.4, 0.5) is 17.1 Å². The van der Waals surface area contributed by atoms with Gasteiger partial charge in [-0.1, -0.05) is 0 Å². The van der Waals surface area contributed by atoms with Gasteiger partial charge in [0.1, 0.15) is 5.75 Å². The van der Waals surface area contributed by atoms with Crippen LogP contribution in [0.5, 0.6) is 5.75 Å². The number of methoxy groups -OCH3 is 1. The Bertz CT molecular complexity index is 945. The number of carbonyl (C=O) groups is 1. The van der Waals surface area contributed by atoms with Gasteiger partial charge in [0.15, 0.2) is 0 Å². The summed E-state index contributed by atoms with van der Waals surface area (Å²) in [7, 11) is 1.59. The van der Waals surface area contributed by atoms with Crippen molar-refractivity contribution in [2.75, 3.05) is 17.7 Å². The first-order chi connectivity index (χ1) is 12.7. The van der Waals surface area contributed by atoms with E-state index < -0.39 is 0 Å². The lowest BCUT2D eigenvalue weighted by Crippen LogP contribution is -2.12. The molecule has 0 aliphatic rings. The molecule has 2 N–H and O–H groups in total. The van der Waals surface area contributed by atoms with Crippen molar-refractivity contribution in [2.45, 2.75) is 0 Å². The molecule has 128 valence electrons. The number of hydrogen-bond acceptors (Lipinski definition) is 5. The molecule has 0 aliphatic carbocycles. The van der Waals surface area contributed by atoms with Gasteiger partial charge in [0.2, 0.25) is 0 Å². The highest BCUT2D eigenvalue weighted by Crippen LogP contribution is 2.19. The normalized spacial score (nSPS) is 9.85. The number of hydrogen-bond donors (Lipinski definition) is 2. The molecule has 0 fully saturated rings. The predicted molar refractivity (Wildman–Crippen MR) is 99.6 cm³/mol. The van der Waals surface area contributed by atoms with E-state index in [4.69, 9.17) is 10.00 Å². The molecular weight excluding hydrogens is 328 g/mol. The Hall–Kier alpha value is -3.85. The molecule has 0 aliphatic heterocycles. The van der Waals surface area contributed by atoms with Crippen LogP contribution in [0.3, 0.4) is 0 Å². The molecule has 3 rings (SSSR count). The monoisotopic (exact) mass is 344 g/mol. The average Bonchev–Trinajstić information content (AvgIpc) is 2.69. The summed E-state index contributed by atoms with van der Waals surface area (Å²) >= 11 is 0. The van der Waals surface area contributed by atoms with Crippen molar-refractivity contribution in [3.05, 3.63) is 78.1 Å². The third-order valence-electron chi connectivity index (χ3n) is 3.65. The van der Waals surface area contributed by atoms with E-state index in [1.807, 2.05) is 0 Å². The molecule has 6 nitrogen and oxygen atoms in total. The van der Waals surface area contributed by atoms with Crippen molar-refractivity contribution >= 4 is 23.0 Å². The van der Waals surface area contributed by atoms with Crippen LogP contribution < -0.4 is 15.4 Å². The first kappa shape index (κ1) is 17.0. The van der Waals surface area contributed by atoms with Crippen LogP contribution in [0, 0.1) is 11.3 Å². The number of anilines is 3. The molecule has 6 heteroatoms. The standard InChI is InChI=1S/C20H16N4O2/c1-26-19-8-6-17(7-9-19)24-20(25)15-10-18(13-22-12-15)23-16-4-2-14(11-21)3-5-16/h2-10,12-13,23H,1H3,(H,24,25). The van der Waals surface area contributed by atoms with Crippen molar-refractivity contribution < 1.29 is 9.53 Å². The highest BCUT2D eigenvalue weighted by molar-refractivity contribution is 6.04. The Morgan fingerprint density at radius 2 is 1.69 bits per heavy atom. The largest absolute Gasteiger partial charge is 0.497 e. The number of benzene rings is 2. The summed E-state index contributed by atoms with van der Waals surface area (Å²) < 4.78 is 5.10. The van der Waals surface area contributed by atoms with E-state index in [1.165, 1.54) is 6.20 Å². The number of amides is 1. The number of nitriles is 1. The summed E-state index contributed by atoms with van der Waals surface area (Å²) in [4.78, 5) is 16.5. The lowest BCUT2D eigenvalue weighted by Gasteiger charge is -2.09. The second-order valence-corrected chi connectivity index (χ2v) is 5.46. The van der Waals surface area contributed by atoms with Crippen LogP contribution >= 0.6 is 0 Å². The van der Waals surface area contributed by atoms with Crippen LogP contribution in [-0.2, 0) is 0 Å². The van der Waals surface area contributed by atoms with Gasteiger partial charge in [-0.25, -0.2) is 0 Å². The van der Waals surface area contributed by atoms with Gasteiger partial charge < -0.3 is 15.4 Å². The number of carbonyl (C=O) groups excluding carboxylic acids is 1. The van der Waals surface area contributed by atoms with Gasteiger partial charge in [0, 0.05) is 17.6 Å². The summed E-state index contributed by atoms with van der Waals surface area (Å²) in [5.74, 6) is 0.462. The molecule has 3 aromatic rings. The number of pyridine rings is 1. The minimum Gasteiger partial charge on any atom is -0.497 e. The maximum absolute atomic E-state index is 12.4. The second kappa shape index (κ2) is 7.81. The van der Waals surface area contributed by atoms with Crippen molar-refractivity contribution in [1.29, 1.82) is 5.26 Å². The number of aromatic nitrogens is 1. The van der Waals surface area contributed by atoms with E-state index >= 15 is 0 Å². The van der Waals surface area contributed by atoms with E-state index in [-0.39, 0.29) is 5.91 Å². The number of ether oxygens (including phenoxy) is 1. The molecule has 0 unspecified atom stereocenters. The topological polar surface area (TPSA) is 87.0 Å². The summed E-state index contributed by atoms with van der Waals surface area (Å²) in [5, 5.41) is 14.8. The minimum atomic E-state index is -0.258. The Labute approximate surface area is 151 Å². The molecular formula is C20H16N4O2. The lowest BCUT2D eigenvalue weighted by atomic mass is 10.2. The van der Waals surface area contributed by atoms with Gasteiger partial charge in [-0.2, -0.15) is 5.26 Å². The molecule has 0 bridgehead atoms. The van der Waals surface area contributed by atoms with E-state index in [9.17, 15) is 4.79 Å². The van der Waals surface area contributed by atoms with Crippen molar-refractivity contribution in [3.63, 3.8) is 0 Å². The molecule has 1 amide bonds. The number of rotatable bonds is 5. The molecule has 0 atom stereocenters. The summed E-state index contributed by atoms with van der Waals surface area (Å²) in [6.45, 7) is 0. The average molecular weight is 344 g/mol. The minimum absolute atomic E-state index is 0.258. The number of nitrogens with one attached hydrogen (secondary N) is 2. The fourth-order valence-corrected chi connectivity index (χ4v) is 2.30. The molecule has 2 aromatic carbocycles. The quantitative estimate of drug-likeness (QED) is 0.731. The van der Waals surface area contributed by atoms with Gasteiger partial charge in [0.25, 0.3) is 5.91 Å². The number of nitrogens with zero attached hydrogens (tertiary/aromatic N) is 2. The predicted octanol–water partition coefficient (Wildman–Crippen LogP) is 3.96. The zero-order valence-electron chi connectivity index (χ0n) is 14.1. The summed E-state index contributed by atoms with van der Waals surface area (Å²) in [6, 6.07) is 17.9. The van der Waals surface area contributed by atoms with Gasteiger partial charge >= 0.3 is 0 Å². The Morgan fingerprint density at radius 1 is 1.00 bits per heavy atom. The first-order valence-electron chi connectivity index (χ1n) is 7.85. The summed E-state index contributed by atoms with van der Waals surface area (Å²) in [6.07, 6.45) is 3.13. The maximum Gasteiger partial charge on any atom is 0.257 e. The Kier molecular flexibility index (Phi) is 5.11. The lowest BCUT2D eigenvalue weighted by molar-refractivity contribution is 0.102. The van der Waals surface area contributed by atoms with Gasteiger partial charge in [-0.15, -0.1) is 0 Å². The van der Waals surface area contributed by atoms with E-state index in [0.29, 0.717) is 22.5 Å². The smallest absolute Gasteiger partial charge is 0.257 e. The van der Waals surface area contributed by atoms with Crippen molar-refractivity contribution in [1.82, 2.24) is 4.98 Å². The zero-order chi connectivity index (χ0) is 18.4.